The van der Waals surface area contributed by atoms with Crippen LogP contribution in [0, 0.1) is 17.5 Å². The number of alkyl halides is 9. The fraction of sp³-hybridized carbons (Fsp3) is 0.276. The van der Waals surface area contributed by atoms with Crippen molar-refractivity contribution in [2.75, 3.05) is 50.8 Å². The zero-order chi connectivity index (χ0) is 64.6. The first kappa shape index (κ1) is 66.1. The Bertz CT molecular complexity index is 4020. The summed E-state index contributed by atoms with van der Waals surface area (Å²) in [5.41, 5.74) is -0.229. The van der Waals surface area contributed by atoms with Gasteiger partial charge in [0.15, 0.2) is 9.84 Å². The Morgan fingerprint density at radius 1 is 0.506 bits per heavy atom. The third-order valence-corrected chi connectivity index (χ3v) is 15.8. The van der Waals surface area contributed by atoms with Gasteiger partial charge in [-0.15, -0.1) is 0 Å². The van der Waals surface area contributed by atoms with E-state index in [1.165, 1.54) is 36.4 Å². The summed E-state index contributed by atoms with van der Waals surface area (Å²) in [5, 5.41) is 14.0. The van der Waals surface area contributed by atoms with Crippen molar-refractivity contribution < 1.29 is 84.1 Å². The summed E-state index contributed by atoms with van der Waals surface area (Å²) in [5.74, 6) is -3.46. The number of aliphatic imine (C=N–C) groups is 6. The molecule has 6 aromatic rings. The van der Waals surface area contributed by atoms with Crippen molar-refractivity contribution in [2.24, 2.45) is 35.1 Å². The lowest BCUT2D eigenvalue weighted by Crippen LogP contribution is -2.29. The molecule has 0 saturated carbocycles. The molecule has 0 bridgehead atoms. The van der Waals surface area contributed by atoms with Crippen LogP contribution in [0.15, 0.2) is 139 Å². The number of aromatic hydroxyl groups is 1. The number of fused-ring (bicyclic) bond motifs is 9. The Kier molecular flexibility index (Phi) is 20.3. The fourth-order valence-corrected chi connectivity index (χ4v) is 11.3. The number of ether oxygens (including phenoxy) is 2. The standard InChI is InChI=1S/C21H20F3N3O3S.C17H11F4N3O.C10H9N3O.C7H3F5.C3H9NO2S/c1-2-10-31(28,29)12-14-4-3-5-18(19(14)21(22,23)24)30-15-6-7-17-16(11-15)20-25-8-9-27(20)13-26-17;18-12-2-1-3-14(15(12)17(19,20)21)25-10-4-5-13-11(8-10)16-22-6-7-24(16)9-23-13;14-7-1-2-9-8(5-7)10-11-3-4-13(10)6-12-9;8-4-2-1-3-5(9)6(4)7(10,11)12;1-2-3-7(4,5)6/h3-7,11,13H,2,8-10,12H2,1H3;1-5,8-9H,6-7H2;1-2,5-6,14H,3-4H2;1-3H;2-3H2,1H3,(H2,4,5,6). The van der Waals surface area contributed by atoms with Crippen LogP contribution >= 0.6 is 0 Å². The van der Waals surface area contributed by atoms with Crippen LogP contribution in [0.1, 0.15) is 65.6 Å². The van der Waals surface area contributed by atoms with Crippen molar-refractivity contribution in [3.05, 3.63) is 166 Å². The molecule has 0 aliphatic carbocycles. The first-order chi connectivity index (χ1) is 41.9. The molecule has 0 aromatic heterocycles. The average molecular weight is 1290 g/mol. The van der Waals surface area contributed by atoms with Crippen LogP contribution in [0.25, 0.3) is 0 Å². The second-order valence-corrected chi connectivity index (χ2v) is 23.6. The van der Waals surface area contributed by atoms with Gasteiger partial charge in [0, 0.05) is 36.3 Å². The first-order valence-electron chi connectivity index (χ1n) is 26.7. The van der Waals surface area contributed by atoms with E-state index in [0.29, 0.717) is 85.3 Å². The fourth-order valence-electron chi connectivity index (χ4n) is 9.29. The second kappa shape index (κ2) is 27.3. The molecule has 0 atom stereocenters. The number of hydrogen-bond acceptors (Lipinski definition) is 16. The molecule has 0 radical (unpaired) electrons. The van der Waals surface area contributed by atoms with E-state index in [9.17, 15) is 74.6 Å². The van der Waals surface area contributed by atoms with E-state index in [1.54, 1.807) is 75.3 Å². The quantitative estimate of drug-likeness (QED) is 0.124. The van der Waals surface area contributed by atoms with E-state index < -0.39 is 89.8 Å². The Morgan fingerprint density at radius 3 is 1.28 bits per heavy atom. The Hall–Kier alpha value is -8.84. The Balaban J connectivity index is 0.000000156. The lowest BCUT2D eigenvalue weighted by atomic mass is 10.1. The first-order valence-corrected chi connectivity index (χ1v) is 30.3. The molecule has 6 aliphatic heterocycles. The van der Waals surface area contributed by atoms with Crippen LogP contribution in [0.2, 0.25) is 0 Å². The predicted octanol–water partition coefficient (Wildman–Crippen LogP) is 12.7. The number of nitrogens with two attached hydrogens (primary N) is 1. The van der Waals surface area contributed by atoms with Crippen molar-refractivity contribution >= 4 is 73.4 Å². The average Bonchev–Trinajstić information content (AvgIpc) is 3.60. The molecule has 6 aromatic carbocycles. The third-order valence-electron chi connectivity index (χ3n) is 13.0. The molecule has 6 aliphatic rings. The SMILES string of the molecule is CCCS(=O)(=O)Cc1cccc(Oc2ccc3c(c2)C2=NCCN2C=N3)c1C(F)(F)F.CCCS(N)(=O)=O.Fc1cccc(F)c1C(F)(F)F.Fc1cccc(Oc2ccc3c(c2)C2=NCCN2C=N3)c1C(F)(F)F.Oc1ccc2c(c1)C1=NCCN1C=N2. The predicted molar refractivity (Wildman–Crippen MR) is 310 cm³/mol. The second-order valence-electron chi connectivity index (χ2n) is 19.6. The summed E-state index contributed by atoms with van der Waals surface area (Å²) >= 11 is 0. The van der Waals surface area contributed by atoms with Gasteiger partial charge in [-0.1, -0.05) is 38.1 Å². The summed E-state index contributed by atoms with van der Waals surface area (Å²) in [6.45, 7) is 7.74. The van der Waals surface area contributed by atoms with Crippen molar-refractivity contribution in [2.45, 2.75) is 51.0 Å². The van der Waals surface area contributed by atoms with E-state index in [1.807, 2.05) is 14.7 Å². The topological polar surface area (TPSA) is 217 Å². The van der Waals surface area contributed by atoms with Crippen LogP contribution in [0.4, 0.5) is 69.7 Å². The molecule has 3 N–H and O–H groups in total. The largest absolute Gasteiger partial charge is 0.508 e. The van der Waals surface area contributed by atoms with E-state index >= 15 is 0 Å². The Labute approximate surface area is 501 Å². The van der Waals surface area contributed by atoms with Crippen LogP contribution in [-0.4, -0.2) is 124 Å². The summed E-state index contributed by atoms with van der Waals surface area (Å²) in [7, 11) is -6.85. The lowest BCUT2D eigenvalue weighted by molar-refractivity contribution is -0.143. The monoisotopic (exact) mass is 1290 g/mol. The summed E-state index contributed by atoms with van der Waals surface area (Å²) < 4.78 is 210. The van der Waals surface area contributed by atoms with Crippen molar-refractivity contribution in [1.82, 2.24) is 14.7 Å². The summed E-state index contributed by atoms with van der Waals surface area (Å²) in [6, 6.07) is 23.4. The molecule has 0 amide bonds. The number of phenolic OH excluding ortho intramolecular Hbond substituents is 1. The number of primary sulfonamides is 1. The van der Waals surface area contributed by atoms with Crippen molar-refractivity contribution in [1.29, 1.82) is 0 Å². The zero-order valence-electron chi connectivity index (χ0n) is 46.8. The van der Waals surface area contributed by atoms with Gasteiger partial charge in [-0.25, -0.2) is 50.1 Å². The molecule has 472 valence electrons. The summed E-state index contributed by atoms with van der Waals surface area (Å²) in [4.78, 5) is 31.8. The van der Waals surface area contributed by atoms with E-state index in [2.05, 4.69) is 35.1 Å². The highest BCUT2D eigenvalue weighted by Crippen LogP contribution is 2.44. The minimum Gasteiger partial charge on any atom is -0.508 e. The van der Waals surface area contributed by atoms with Crippen molar-refractivity contribution in [3.63, 3.8) is 0 Å². The molecule has 0 unspecified atom stereocenters. The molecule has 6 heterocycles. The van der Waals surface area contributed by atoms with E-state index in [0.717, 1.165) is 48.4 Å². The number of benzene rings is 6. The smallest absolute Gasteiger partial charge is 0.422 e. The van der Waals surface area contributed by atoms with Gasteiger partial charge in [-0.2, -0.15) is 39.5 Å². The molecular formula is C58H52F12N10O7S2. The van der Waals surface area contributed by atoms with Crippen LogP contribution < -0.4 is 14.6 Å². The lowest BCUT2D eigenvalue weighted by Gasteiger charge is -2.22. The van der Waals surface area contributed by atoms with Crippen LogP contribution in [-0.2, 0) is 44.1 Å². The van der Waals surface area contributed by atoms with E-state index in [4.69, 9.17) is 9.47 Å². The number of halogens is 12. The van der Waals surface area contributed by atoms with Crippen molar-refractivity contribution in [3.8, 4) is 28.7 Å². The molecule has 12 rings (SSSR count). The van der Waals surface area contributed by atoms with Gasteiger partial charge in [0.05, 0.1) is 73.0 Å². The third kappa shape index (κ3) is 16.7. The van der Waals surface area contributed by atoms with E-state index in [-0.39, 0.29) is 34.3 Å². The molecular weight excluding hydrogens is 1240 g/mol. The molecule has 17 nitrogen and oxygen atoms in total. The molecule has 0 fully saturated rings. The maximum Gasteiger partial charge on any atom is 0.422 e. The maximum atomic E-state index is 13.9. The number of hydrogen-bond donors (Lipinski definition) is 2. The Morgan fingerprint density at radius 2 is 0.888 bits per heavy atom. The number of rotatable bonds is 10. The number of phenols is 1. The highest BCUT2D eigenvalue weighted by atomic mass is 32.2. The highest BCUT2D eigenvalue weighted by molar-refractivity contribution is 7.90. The van der Waals surface area contributed by atoms with Gasteiger partial charge < -0.3 is 29.3 Å². The number of sulfonamides is 1. The number of nitrogens with zero attached hydrogens (tertiary/aromatic N) is 9. The van der Waals surface area contributed by atoms with Gasteiger partial charge in [0.2, 0.25) is 10.0 Å². The van der Waals surface area contributed by atoms with Gasteiger partial charge in [-0.05, 0) is 103 Å². The van der Waals surface area contributed by atoms with Gasteiger partial charge in [-0.3, -0.25) is 15.0 Å². The maximum absolute atomic E-state index is 13.9. The number of sulfone groups is 1. The summed E-state index contributed by atoms with van der Waals surface area (Å²) in [6.07, 6.45) is -8.54. The van der Waals surface area contributed by atoms with Crippen LogP contribution in [0.3, 0.4) is 0 Å². The van der Waals surface area contributed by atoms with Gasteiger partial charge in [0.1, 0.15) is 80.4 Å². The molecule has 31 heteroatoms. The van der Waals surface area contributed by atoms with Crippen LogP contribution in [0.5, 0.6) is 28.7 Å². The zero-order valence-corrected chi connectivity index (χ0v) is 48.4. The normalized spacial score (nSPS) is 15.1. The number of amidine groups is 3. The molecule has 89 heavy (non-hydrogen) atoms. The minimum atomic E-state index is -4.98. The highest BCUT2D eigenvalue weighted by Gasteiger charge is 2.40. The molecule has 0 spiro atoms. The van der Waals surface area contributed by atoms with Gasteiger partial charge >= 0.3 is 18.5 Å². The molecule has 0 saturated heterocycles. The minimum absolute atomic E-state index is 0.0903. The van der Waals surface area contributed by atoms with Gasteiger partial charge in [0.25, 0.3) is 0 Å².